The Balaban J connectivity index is 1.41. The van der Waals surface area contributed by atoms with E-state index in [0.29, 0.717) is 18.4 Å². The molecule has 0 aliphatic carbocycles. The van der Waals surface area contributed by atoms with E-state index in [1.54, 1.807) is 36.4 Å². The molecular weight excluding hydrogens is 497 g/mol. The van der Waals surface area contributed by atoms with Crippen LogP contribution < -0.4 is 4.90 Å². The number of aliphatic hydroxyl groups excluding tert-OH is 1. The number of phenolic OH excluding ortho intramolecular Hbond substituents is 2. The van der Waals surface area contributed by atoms with Gasteiger partial charge in [-0.25, -0.2) is 4.39 Å². The van der Waals surface area contributed by atoms with E-state index in [9.17, 15) is 19.7 Å². The van der Waals surface area contributed by atoms with Gasteiger partial charge in [0.15, 0.2) is 0 Å². The fourth-order valence-electron chi connectivity index (χ4n) is 5.43. The molecule has 6 heteroatoms. The Morgan fingerprint density at radius 2 is 1.61 bits per heavy atom. The number of benzene rings is 4. The second-order valence-electron chi connectivity index (χ2n) is 9.83. The molecule has 4 aromatic rings. The molecule has 1 aliphatic rings. The average molecular weight is 528 g/mol. The van der Waals surface area contributed by atoms with E-state index in [2.05, 4.69) is 4.90 Å². The van der Waals surface area contributed by atoms with Gasteiger partial charge in [0.25, 0.3) is 0 Å². The van der Waals surface area contributed by atoms with Crippen molar-refractivity contribution in [3.05, 3.63) is 114 Å². The van der Waals surface area contributed by atoms with Crippen LogP contribution in [-0.4, -0.2) is 20.3 Å². The van der Waals surface area contributed by atoms with Gasteiger partial charge in [-0.05, 0) is 77.9 Å². The van der Waals surface area contributed by atoms with Crippen LogP contribution in [0.5, 0.6) is 11.5 Å². The standard InChI is InChI=1S/C32H30FNO3S/c33-25-15-12-21(13-16-25)29(36)11-5-7-24-20-31(38)34(26-8-2-1-3-9-26)32(24)28-17-14-23(19-30(28)37)22-6-4-10-27(35)18-22/h1-4,6,8-10,12-19,24,29,32,35-37H,5,7,11,20H2/t24-,29+,32-/m0/s1. The Morgan fingerprint density at radius 3 is 2.32 bits per heavy atom. The number of nitrogens with zero attached hydrogens (tertiary/aromatic N) is 1. The highest BCUT2D eigenvalue weighted by molar-refractivity contribution is 7.80. The SMILES string of the molecule is Oc1cccc(-c2ccc([C@@H]3[C@@H](CCC[C@@H](O)c4ccc(F)cc4)CC(=S)N3c3ccccc3)c(O)c2)c1. The van der Waals surface area contributed by atoms with E-state index in [1.165, 1.54) is 12.1 Å². The van der Waals surface area contributed by atoms with Crippen LogP contribution in [0, 0.1) is 11.7 Å². The first-order valence-electron chi connectivity index (χ1n) is 12.8. The Hall–Kier alpha value is -3.74. The van der Waals surface area contributed by atoms with Crippen molar-refractivity contribution in [2.24, 2.45) is 5.92 Å². The summed E-state index contributed by atoms with van der Waals surface area (Å²) < 4.78 is 13.3. The third kappa shape index (κ3) is 5.57. The zero-order valence-electron chi connectivity index (χ0n) is 20.9. The fraction of sp³-hybridized carbons (Fsp3) is 0.219. The predicted octanol–water partition coefficient (Wildman–Crippen LogP) is 7.70. The van der Waals surface area contributed by atoms with E-state index in [1.807, 2.05) is 48.5 Å². The van der Waals surface area contributed by atoms with Crippen LogP contribution in [0.15, 0.2) is 97.1 Å². The number of aliphatic hydroxyl groups is 1. The van der Waals surface area contributed by atoms with E-state index in [-0.39, 0.29) is 29.3 Å². The van der Waals surface area contributed by atoms with E-state index in [4.69, 9.17) is 12.2 Å². The summed E-state index contributed by atoms with van der Waals surface area (Å²) in [5.41, 5.74) is 4.11. The molecule has 0 amide bonds. The molecule has 1 heterocycles. The van der Waals surface area contributed by atoms with Gasteiger partial charge in [0, 0.05) is 17.7 Å². The molecule has 0 saturated carbocycles. The molecule has 0 unspecified atom stereocenters. The van der Waals surface area contributed by atoms with Crippen molar-refractivity contribution < 1.29 is 19.7 Å². The van der Waals surface area contributed by atoms with Crippen LogP contribution in [0.25, 0.3) is 11.1 Å². The van der Waals surface area contributed by atoms with Crippen LogP contribution >= 0.6 is 12.2 Å². The number of anilines is 1. The first kappa shape index (κ1) is 25.9. The summed E-state index contributed by atoms with van der Waals surface area (Å²) in [7, 11) is 0. The minimum Gasteiger partial charge on any atom is -0.508 e. The first-order chi connectivity index (χ1) is 18.4. The highest BCUT2D eigenvalue weighted by Gasteiger charge is 2.40. The molecule has 1 fully saturated rings. The van der Waals surface area contributed by atoms with Crippen molar-refractivity contribution in [3.63, 3.8) is 0 Å². The number of thiocarbonyl (C=S) groups is 1. The normalized spacial score (nSPS) is 18.1. The number of halogens is 1. The maximum absolute atomic E-state index is 13.3. The topological polar surface area (TPSA) is 63.9 Å². The molecule has 3 atom stereocenters. The van der Waals surface area contributed by atoms with Gasteiger partial charge in [-0.1, -0.05) is 73.2 Å². The maximum atomic E-state index is 13.3. The van der Waals surface area contributed by atoms with Gasteiger partial charge in [0.05, 0.1) is 17.1 Å². The molecule has 1 aliphatic heterocycles. The van der Waals surface area contributed by atoms with Gasteiger partial charge < -0.3 is 20.2 Å². The largest absolute Gasteiger partial charge is 0.508 e. The highest BCUT2D eigenvalue weighted by Crippen LogP contribution is 2.47. The van der Waals surface area contributed by atoms with Gasteiger partial charge >= 0.3 is 0 Å². The van der Waals surface area contributed by atoms with Crippen LogP contribution in [0.1, 0.15) is 49.0 Å². The van der Waals surface area contributed by atoms with Crippen molar-refractivity contribution in [3.8, 4) is 22.6 Å². The fourth-order valence-corrected chi connectivity index (χ4v) is 5.86. The number of rotatable bonds is 8. The number of para-hydroxylation sites is 1. The van der Waals surface area contributed by atoms with Crippen molar-refractivity contribution in [2.75, 3.05) is 4.90 Å². The number of hydrogen-bond acceptors (Lipinski definition) is 4. The molecule has 194 valence electrons. The minimum absolute atomic E-state index is 0.139. The van der Waals surface area contributed by atoms with E-state index < -0.39 is 6.10 Å². The van der Waals surface area contributed by atoms with Gasteiger partial charge in [-0.3, -0.25) is 0 Å². The molecule has 5 rings (SSSR count). The molecule has 0 bridgehead atoms. The highest BCUT2D eigenvalue weighted by atomic mass is 32.1. The lowest BCUT2D eigenvalue weighted by Crippen LogP contribution is -2.28. The lowest BCUT2D eigenvalue weighted by atomic mass is 9.87. The third-order valence-electron chi connectivity index (χ3n) is 7.30. The van der Waals surface area contributed by atoms with Crippen LogP contribution in [-0.2, 0) is 0 Å². The smallest absolute Gasteiger partial charge is 0.123 e. The zero-order chi connectivity index (χ0) is 26.6. The summed E-state index contributed by atoms with van der Waals surface area (Å²) in [5, 5.41) is 31.8. The third-order valence-corrected chi connectivity index (χ3v) is 7.66. The second kappa shape index (κ2) is 11.3. The summed E-state index contributed by atoms with van der Waals surface area (Å²) in [5.74, 6) is 0.169. The minimum atomic E-state index is -0.664. The Kier molecular flexibility index (Phi) is 7.72. The quantitative estimate of drug-likeness (QED) is 0.205. The van der Waals surface area contributed by atoms with Crippen LogP contribution in [0.2, 0.25) is 0 Å². The van der Waals surface area contributed by atoms with Crippen LogP contribution in [0.3, 0.4) is 0 Å². The Morgan fingerprint density at radius 1 is 0.868 bits per heavy atom. The lowest BCUT2D eigenvalue weighted by Gasteiger charge is -2.31. The summed E-state index contributed by atoms with van der Waals surface area (Å²) in [4.78, 5) is 2.96. The first-order valence-corrected chi connectivity index (χ1v) is 13.2. The van der Waals surface area contributed by atoms with E-state index >= 15 is 0 Å². The molecular formula is C32H30FNO3S. The molecule has 1 saturated heterocycles. The molecule has 0 aromatic heterocycles. The molecule has 4 nitrogen and oxygen atoms in total. The molecule has 4 aromatic carbocycles. The van der Waals surface area contributed by atoms with Crippen molar-refractivity contribution in [1.82, 2.24) is 0 Å². The zero-order valence-corrected chi connectivity index (χ0v) is 21.7. The van der Waals surface area contributed by atoms with E-state index in [0.717, 1.165) is 40.2 Å². The Bertz CT molecular complexity index is 1410. The number of phenols is 2. The van der Waals surface area contributed by atoms with Crippen molar-refractivity contribution >= 4 is 22.9 Å². The van der Waals surface area contributed by atoms with Crippen molar-refractivity contribution in [2.45, 2.75) is 37.8 Å². The second-order valence-corrected chi connectivity index (χ2v) is 10.3. The number of aromatic hydroxyl groups is 2. The molecule has 0 spiro atoms. The summed E-state index contributed by atoms with van der Waals surface area (Å²) in [6.07, 6.45) is 2.15. The van der Waals surface area contributed by atoms with Gasteiger partial charge in [0.2, 0.25) is 0 Å². The van der Waals surface area contributed by atoms with Crippen molar-refractivity contribution in [1.29, 1.82) is 0 Å². The monoisotopic (exact) mass is 527 g/mol. The summed E-state index contributed by atoms with van der Waals surface area (Å²) in [6, 6.07) is 28.4. The van der Waals surface area contributed by atoms with Gasteiger partial charge in [0.1, 0.15) is 17.3 Å². The molecule has 0 radical (unpaired) electrons. The van der Waals surface area contributed by atoms with Gasteiger partial charge in [-0.2, -0.15) is 0 Å². The molecule has 38 heavy (non-hydrogen) atoms. The number of hydrogen-bond donors (Lipinski definition) is 3. The molecule has 3 N–H and O–H groups in total. The maximum Gasteiger partial charge on any atom is 0.123 e. The summed E-state index contributed by atoms with van der Waals surface area (Å²) in [6.45, 7) is 0. The average Bonchev–Trinajstić information content (AvgIpc) is 3.24. The van der Waals surface area contributed by atoms with Gasteiger partial charge in [-0.15, -0.1) is 0 Å². The van der Waals surface area contributed by atoms with Crippen LogP contribution in [0.4, 0.5) is 10.1 Å². The lowest BCUT2D eigenvalue weighted by molar-refractivity contribution is 0.160. The Labute approximate surface area is 227 Å². The summed E-state index contributed by atoms with van der Waals surface area (Å²) >= 11 is 5.86. The predicted molar refractivity (Wildman–Crippen MR) is 153 cm³/mol.